The Labute approximate surface area is 110 Å². The minimum Gasteiger partial charge on any atom is -0.0795 e. The summed E-state index contributed by atoms with van der Waals surface area (Å²) in [7, 11) is 0. The Morgan fingerprint density at radius 3 is 2.17 bits per heavy atom. The maximum Gasteiger partial charge on any atom is -0.00941 e. The van der Waals surface area contributed by atoms with Gasteiger partial charge in [0.1, 0.15) is 0 Å². The molecule has 0 bridgehead atoms. The van der Waals surface area contributed by atoms with Crippen molar-refractivity contribution in [1.29, 1.82) is 0 Å². The van der Waals surface area contributed by atoms with Crippen molar-refractivity contribution in [2.45, 2.75) is 26.2 Å². The Morgan fingerprint density at radius 2 is 1.56 bits per heavy atom. The number of allylic oxidation sites excluding steroid dienone is 1. The summed E-state index contributed by atoms with van der Waals surface area (Å²) in [5.74, 6) is 0.604. The van der Waals surface area contributed by atoms with Crippen molar-refractivity contribution < 1.29 is 0 Å². The normalized spacial score (nSPS) is 11.3. The van der Waals surface area contributed by atoms with Crippen LogP contribution in [0.2, 0.25) is 0 Å². The van der Waals surface area contributed by atoms with Crippen LogP contribution in [-0.4, -0.2) is 0 Å². The molecule has 2 aromatic carbocycles. The van der Waals surface area contributed by atoms with Crippen LogP contribution in [0.15, 0.2) is 60.7 Å². The number of benzene rings is 2. The molecule has 0 saturated heterocycles. The van der Waals surface area contributed by atoms with Crippen molar-refractivity contribution in [3.8, 4) is 0 Å². The first-order chi connectivity index (χ1) is 8.75. The lowest BCUT2D eigenvalue weighted by Crippen LogP contribution is -1.86. The summed E-state index contributed by atoms with van der Waals surface area (Å²) >= 11 is 0. The molecule has 2 aromatic rings. The highest BCUT2D eigenvalue weighted by Gasteiger charge is 1.96. The van der Waals surface area contributed by atoms with Gasteiger partial charge < -0.3 is 0 Å². The van der Waals surface area contributed by atoms with E-state index in [0.717, 1.165) is 6.42 Å². The van der Waals surface area contributed by atoms with Gasteiger partial charge in [0.05, 0.1) is 0 Å². The minimum atomic E-state index is 0.604. The van der Waals surface area contributed by atoms with E-state index in [1.54, 1.807) is 0 Å². The van der Waals surface area contributed by atoms with Crippen LogP contribution >= 0.6 is 0 Å². The third-order valence-electron chi connectivity index (χ3n) is 3.11. The molecule has 0 saturated carbocycles. The molecule has 0 unspecified atom stereocenters. The Hall–Kier alpha value is -1.82. The Balaban J connectivity index is 1.97. The monoisotopic (exact) mass is 236 g/mol. The fourth-order valence-corrected chi connectivity index (χ4v) is 1.94. The van der Waals surface area contributed by atoms with Crippen LogP contribution in [0.25, 0.3) is 6.08 Å². The Bertz CT molecular complexity index is 489. The molecule has 0 aromatic heterocycles. The molecule has 0 spiro atoms. The molecule has 92 valence electrons. The van der Waals surface area contributed by atoms with Crippen LogP contribution in [0.5, 0.6) is 0 Å². The highest BCUT2D eigenvalue weighted by Crippen LogP contribution is 2.15. The van der Waals surface area contributed by atoms with E-state index in [0.29, 0.717) is 5.92 Å². The summed E-state index contributed by atoms with van der Waals surface area (Å²) in [6, 6.07) is 19.4. The van der Waals surface area contributed by atoms with Crippen LogP contribution in [0.1, 0.15) is 36.5 Å². The van der Waals surface area contributed by atoms with E-state index < -0.39 is 0 Å². The zero-order valence-electron chi connectivity index (χ0n) is 11.1. The van der Waals surface area contributed by atoms with Crippen molar-refractivity contribution in [2.75, 3.05) is 0 Å². The molecule has 0 aliphatic carbocycles. The maximum atomic E-state index is 2.22. The average molecular weight is 236 g/mol. The van der Waals surface area contributed by atoms with Crippen molar-refractivity contribution in [1.82, 2.24) is 0 Å². The van der Waals surface area contributed by atoms with Gasteiger partial charge in [-0.2, -0.15) is 0 Å². The van der Waals surface area contributed by atoms with Crippen molar-refractivity contribution in [2.24, 2.45) is 0 Å². The molecular weight excluding hydrogens is 216 g/mol. The van der Waals surface area contributed by atoms with Crippen molar-refractivity contribution in [3.63, 3.8) is 0 Å². The van der Waals surface area contributed by atoms with Crippen LogP contribution < -0.4 is 0 Å². The van der Waals surface area contributed by atoms with Crippen LogP contribution in [0, 0.1) is 0 Å². The lowest BCUT2D eigenvalue weighted by atomic mass is 10.0. The lowest BCUT2D eigenvalue weighted by molar-refractivity contribution is 0.866. The fraction of sp³-hybridized carbons (Fsp3) is 0.222. The molecule has 0 fully saturated rings. The zero-order valence-corrected chi connectivity index (χ0v) is 11.1. The SMILES string of the molecule is CC(C)c1ccc(C=CCc2ccccc2)cc1. The van der Waals surface area contributed by atoms with Crippen LogP contribution in [-0.2, 0) is 6.42 Å². The van der Waals surface area contributed by atoms with E-state index in [2.05, 4.69) is 80.6 Å². The molecule has 0 radical (unpaired) electrons. The fourth-order valence-electron chi connectivity index (χ4n) is 1.94. The van der Waals surface area contributed by atoms with E-state index in [-0.39, 0.29) is 0 Å². The third kappa shape index (κ3) is 3.59. The minimum absolute atomic E-state index is 0.604. The number of hydrogen-bond acceptors (Lipinski definition) is 0. The second-order valence-electron chi connectivity index (χ2n) is 4.91. The summed E-state index contributed by atoms with van der Waals surface area (Å²) in [6.07, 6.45) is 5.41. The Kier molecular flexibility index (Phi) is 4.35. The average Bonchev–Trinajstić information content (AvgIpc) is 2.40. The summed E-state index contributed by atoms with van der Waals surface area (Å²) in [5.41, 5.74) is 4.03. The predicted octanol–water partition coefficient (Wildman–Crippen LogP) is 5.07. The maximum absolute atomic E-state index is 2.22. The van der Waals surface area contributed by atoms with Gasteiger partial charge in [-0.3, -0.25) is 0 Å². The third-order valence-corrected chi connectivity index (χ3v) is 3.11. The van der Waals surface area contributed by atoms with E-state index >= 15 is 0 Å². The molecule has 0 nitrogen and oxygen atoms in total. The molecular formula is C18H20. The van der Waals surface area contributed by atoms with E-state index in [1.165, 1.54) is 16.7 Å². The molecule has 0 heteroatoms. The number of rotatable bonds is 4. The molecule has 0 aliphatic rings. The smallest absolute Gasteiger partial charge is 0.00941 e. The van der Waals surface area contributed by atoms with Crippen LogP contribution in [0.3, 0.4) is 0 Å². The number of hydrogen-bond donors (Lipinski definition) is 0. The summed E-state index contributed by atoms with van der Waals surface area (Å²) in [4.78, 5) is 0. The molecule has 2 rings (SSSR count). The Morgan fingerprint density at radius 1 is 0.889 bits per heavy atom. The molecule has 18 heavy (non-hydrogen) atoms. The molecule has 0 amide bonds. The first-order valence-electron chi connectivity index (χ1n) is 6.56. The standard InChI is InChI=1S/C18H20/c1-15(2)18-13-11-17(12-14-18)10-6-9-16-7-4-3-5-8-16/h3-8,10-15H,9H2,1-2H3. The summed E-state index contributed by atoms with van der Waals surface area (Å²) < 4.78 is 0. The van der Waals surface area contributed by atoms with E-state index in [9.17, 15) is 0 Å². The van der Waals surface area contributed by atoms with Gasteiger partial charge in [-0.25, -0.2) is 0 Å². The molecule has 0 N–H and O–H groups in total. The van der Waals surface area contributed by atoms with Gasteiger partial charge in [0.2, 0.25) is 0 Å². The van der Waals surface area contributed by atoms with E-state index in [1.807, 2.05) is 0 Å². The first-order valence-corrected chi connectivity index (χ1v) is 6.56. The summed E-state index contributed by atoms with van der Waals surface area (Å²) in [6.45, 7) is 4.44. The van der Waals surface area contributed by atoms with Gasteiger partial charge in [-0.1, -0.05) is 80.6 Å². The van der Waals surface area contributed by atoms with Gasteiger partial charge in [-0.15, -0.1) is 0 Å². The van der Waals surface area contributed by atoms with Gasteiger partial charge >= 0.3 is 0 Å². The highest BCUT2D eigenvalue weighted by molar-refractivity contribution is 5.50. The molecule has 0 heterocycles. The van der Waals surface area contributed by atoms with Crippen molar-refractivity contribution in [3.05, 3.63) is 77.4 Å². The molecule has 0 atom stereocenters. The van der Waals surface area contributed by atoms with E-state index in [4.69, 9.17) is 0 Å². The first kappa shape index (κ1) is 12.6. The summed E-state index contributed by atoms with van der Waals surface area (Å²) in [5, 5.41) is 0. The zero-order chi connectivity index (χ0) is 12.8. The quantitative estimate of drug-likeness (QED) is 0.695. The molecule has 0 aliphatic heterocycles. The van der Waals surface area contributed by atoms with Gasteiger partial charge in [-0.05, 0) is 29.0 Å². The topological polar surface area (TPSA) is 0 Å². The van der Waals surface area contributed by atoms with Crippen molar-refractivity contribution >= 4 is 6.08 Å². The van der Waals surface area contributed by atoms with Gasteiger partial charge in [0.25, 0.3) is 0 Å². The van der Waals surface area contributed by atoms with Gasteiger partial charge in [0, 0.05) is 0 Å². The predicted molar refractivity (Wildman–Crippen MR) is 79.7 cm³/mol. The second kappa shape index (κ2) is 6.20. The van der Waals surface area contributed by atoms with Crippen LogP contribution in [0.4, 0.5) is 0 Å². The lowest BCUT2D eigenvalue weighted by Gasteiger charge is -2.04. The second-order valence-corrected chi connectivity index (χ2v) is 4.91. The highest BCUT2D eigenvalue weighted by atomic mass is 14.0. The largest absolute Gasteiger partial charge is 0.0795 e. The van der Waals surface area contributed by atoms with Gasteiger partial charge in [0.15, 0.2) is 0 Å².